The van der Waals surface area contributed by atoms with Crippen LogP contribution in [0.1, 0.15) is 31.7 Å². The predicted octanol–water partition coefficient (Wildman–Crippen LogP) is 3.00. The van der Waals surface area contributed by atoms with Crippen LogP contribution in [-0.2, 0) is 6.42 Å². The summed E-state index contributed by atoms with van der Waals surface area (Å²) in [7, 11) is 0. The lowest BCUT2D eigenvalue weighted by atomic mass is 10.1. The van der Waals surface area contributed by atoms with Crippen molar-refractivity contribution in [2.24, 2.45) is 0 Å². The topological polar surface area (TPSA) is 30.7 Å². The van der Waals surface area contributed by atoms with E-state index in [0.717, 1.165) is 12.1 Å². The Labute approximate surface area is 96.1 Å². The van der Waals surface area contributed by atoms with E-state index in [4.69, 9.17) is 0 Å². The Balaban J connectivity index is 2.08. The van der Waals surface area contributed by atoms with Gasteiger partial charge in [-0.15, -0.1) is 5.10 Å². The van der Waals surface area contributed by atoms with E-state index < -0.39 is 0 Å². The summed E-state index contributed by atoms with van der Waals surface area (Å²) in [6, 6.07) is 8.50. The lowest BCUT2D eigenvalue weighted by Gasteiger charge is -2.04. The maximum atomic E-state index is 3.99. The van der Waals surface area contributed by atoms with Gasteiger partial charge in [-0.1, -0.05) is 37.1 Å². The van der Waals surface area contributed by atoms with Crippen LogP contribution in [0.25, 0.3) is 5.69 Å². The molecule has 0 aliphatic carbocycles. The molecule has 2 rings (SSSR count). The lowest BCUT2D eigenvalue weighted by Crippen LogP contribution is -1.96. The fourth-order valence-electron chi connectivity index (χ4n) is 1.78. The lowest BCUT2D eigenvalue weighted by molar-refractivity contribution is 0.716. The first-order valence-corrected chi connectivity index (χ1v) is 5.86. The van der Waals surface area contributed by atoms with E-state index in [9.17, 15) is 0 Å². The molecule has 1 aromatic heterocycles. The highest BCUT2D eigenvalue weighted by molar-refractivity contribution is 5.34. The van der Waals surface area contributed by atoms with Crippen molar-refractivity contribution < 1.29 is 0 Å². The second kappa shape index (κ2) is 5.45. The predicted molar refractivity (Wildman–Crippen MR) is 64.6 cm³/mol. The molecule has 0 amide bonds. The standard InChI is InChI=1S/C13H17N3/c1-2-3-4-6-12-7-5-8-13(11-12)16-10-9-14-15-16/h5,7-11H,2-4,6H2,1H3. The van der Waals surface area contributed by atoms with Crippen LogP contribution in [-0.4, -0.2) is 15.0 Å². The van der Waals surface area contributed by atoms with Gasteiger partial charge in [0.25, 0.3) is 0 Å². The van der Waals surface area contributed by atoms with Crippen LogP contribution in [0, 0.1) is 0 Å². The zero-order valence-corrected chi connectivity index (χ0v) is 9.63. The molecular formula is C13H17N3. The van der Waals surface area contributed by atoms with E-state index in [2.05, 4.69) is 41.5 Å². The Morgan fingerprint density at radius 1 is 1.25 bits per heavy atom. The van der Waals surface area contributed by atoms with Crippen LogP contribution >= 0.6 is 0 Å². The number of hydrogen-bond acceptors (Lipinski definition) is 2. The van der Waals surface area contributed by atoms with Crippen LogP contribution in [0.4, 0.5) is 0 Å². The number of aromatic nitrogens is 3. The number of rotatable bonds is 5. The van der Waals surface area contributed by atoms with Gasteiger partial charge in [0.2, 0.25) is 0 Å². The molecule has 84 valence electrons. The summed E-state index contributed by atoms with van der Waals surface area (Å²) in [5.41, 5.74) is 2.47. The molecule has 0 spiro atoms. The average Bonchev–Trinajstić information content (AvgIpc) is 2.83. The number of benzene rings is 1. The molecule has 0 bridgehead atoms. The molecule has 0 N–H and O–H groups in total. The Hall–Kier alpha value is -1.64. The number of hydrogen-bond donors (Lipinski definition) is 0. The van der Waals surface area contributed by atoms with Crippen LogP contribution in [0.5, 0.6) is 0 Å². The SMILES string of the molecule is CCCCCc1cccc(-n2ccnn2)c1. The Morgan fingerprint density at radius 3 is 2.94 bits per heavy atom. The minimum Gasteiger partial charge on any atom is -0.221 e. The molecule has 0 radical (unpaired) electrons. The molecule has 16 heavy (non-hydrogen) atoms. The smallest absolute Gasteiger partial charge is 0.0697 e. The first-order valence-electron chi connectivity index (χ1n) is 5.86. The zero-order chi connectivity index (χ0) is 11.2. The molecule has 0 fully saturated rings. The van der Waals surface area contributed by atoms with Crippen LogP contribution in [0.3, 0.4) is 0 Å². The molecule has 0 saturated heterocycles. The van der Waals surface area contributed by atoms with E-state index in [1.807, 2.05) is 6.20 Å². The molecule has 0 aliphatic heterocycles. The summed E-state index contributed by atoms with van der Waals surface area (Å²) in [6.07, 6.45) is 8.54. The Morgan fingerprint density at radius 2 is 2.19 bits per heavy atom. The van der Waals surface area contributed by atoms with Crippen LogP contribution in [0.2, 0.25) is 0 Å². The molecule has 0 unspecified atom stereocenters. The average molecular weight is 215 g/mol. The van der Waals surface area contributed by atoms with E-state index >= 15 is 0 Å². The first kappa shape index (κ1) is 10.9. The summed E-state index contributed by atoms with van der Waals surface area (Å²) in [6.45, 7) is 2.23. The Bertz CT molecular complexity index is 421. The van der Waals surface area contributed by atoms with Gasteiger partial charge in [0, 0.05) is 0 Å². The van der Waals surface area contributed by atoms with E-state index in [0.29, 0.717) is 0 Å². The maximum Gasteiger partial charge on any atom is 0.0697 e. The van der Waals surface area contributed by atoms with Crippen molar-refractivity contribution in [2.75, 3.05) is 0 Å². The minimum atomic E-state index is 1.09. The van der Waals surface area contributed by atoms with Crippen molar-refractivity contribution in [3.05, 3.63) is 42.2 Å². The highest BCUT2D eigenvalue weighted by atomic mass is 15.4. The summed E-state index contributed by atoms with van der Waals surface area (Å²) in [5, 5.41) is 7.81. The third-order valence-electron chi connectivity index (χ3n) is 2.67. The van der Waals surface area contributed by atoms with E-state index in [1.165, 1.54) is 24.8 Å². The fourth-order valence-corrected chi connectivity index (χ4v) is 1.78. The molecular weight excluding hydrogens is 198 g/mol. The van der Waals surface area contributed by atoms with Gasteiger partial charge in [-0.2, -0.15) is 0 Å². The van der Waals surface area contributed by atoms with Gasteiger partial charge >= 0.3 is 0 Å². The van der Waals surface area contributed by atoms with Gasteiger partial charge in [-0.25, -0.2) is 4.68 Å². The van der Waals surface area contributed by atoms with Crippen LogP contribution in [0.15, 0.2) is 36.7 Å². The van der Waals surface area contributed by atoms with Crippen molar-refractivity contribution >= 4 is 0 Å². The molecule has 1 heterocycles. The van der Waals surface area contributed by atoms with Gasteiger partial charge in [0.1, 0.15) is 0 Å². The van der Waals surface area contributed by atoms with Gasteiger partial charge in [0.05, 0.1) is 18.1 Å². The second-order valence-corrected chi connectivity index (χ2v) is 3.97. The summed E-state index contributed by atoms with van der Waals surface area (Å²) in [4.78, 5) is 0. The number of unbranched alkanes of at least 4 members (excludes halogenated alkanes) is 2. The molecule has 2 aromatic rings. The first-order chi connectivity index (χ1) is 7.90. The van der Waals surface area contributed by atoms with E-state index in [1.54, 1.807) is 10.9 Å². The monoisotopic (exact) mass is 215 g/mol. The molecule has 1 aromatic carbocycles. The third-order valence-corrected chi connectivity index (χ3v) is 2.67. The van der Waals surface area contributed by atoms with Crippen molar-refractivity contribution in [1.82, 2.24) is 15.0 Å². The van der Waals surface area contributed by atoms with Gasteiger partial charge in [0.15, 0.2) is 0 Å². The molecule has 0 aliphatic rings. The quantitative estimate of drug-likeness (QED) is 0.718. The summed E-state index contributed by atoms with van der Waals surface area (Å²) < 4.78 is 1.79. The summed E-state index contributed by atoms with van der Waals surface area (Å²) >= 11 is 0. The minimum absolute atomic E-state index is 1.09. The van der Waals surface area contributed by atoms with Crippen molar-refractivity contribution in [3.63, 3.8) is 0 Å². The number of nitrogens with zero attached hydrogens (tertiary/aromatic N) is 3. The zero-order valence-electron chi connectivity index (χ0n) is 9.63. The molecule has 0 saturated carbocycles. The molecule has 0 atom stereocenters. The van der Waals surface area contributed by atoms with Crippen molar-refractivity contribution in [2.45, 2.75) is 32.6 Å². The van der Waals surface area contributed by atoms with Crippen LogP contribution < -0.4 is 0 Å². The highest BCUT2D eigenvalue weighted by Crippen LogP contribution is 2.12. The van der Waals surface area contributed by atoms with Gasteiger partial charge in [-0.3, -0.25) is 0 Å². The van der Waals surface area contributed by atoms with E-state index in [-0.39, 0.29) is 0 Å². The van der Waals surface area contributed by atoms with Gasteiger partial charge in [-0.05, 0) is 30.5 Å². The van der Waals surface area contributed by atoms with Crippen molar-refractivity contribution in [3.8, 4) is 5.69 Å². The van der Waals surface area contributed by atoms with Gasteiger partial charge < -0.3 is 0 Å². The number of aryl methyl sites for hydroxylation is 1. The fraction of sp³-hybridized carbons (Fsp3) is 0.385. The second-order valence-electron chi connectivity index (χ2n) is 3.97. The Kier molecular flexibility index (Phi) is 3.70. The maximum absolute atomic E-state index is 3.99. The highest BCUT2D eigenvalue weighted by Gasteiger charge is 1.98. The largest absolute Gasteiger partial charge is 0.221 e. The third kappa shape index (κ3) is 2.69. The molecule has 3 nitrogen and oxygen atoms in total. The summed E-state index contributed by atoms with van der Waals surface area (Å²) in [5.74, 6) is 0. The van der Waals surface area contributed by atoms with Crippen molar-refractivity contribution in [1.29, 1.82) is 0 Å². The molecule has 3 heteroatoms. The normalized spacial score (nSPS) is 10.6.